The number of phenolic OH excluding ortho intramolecular Hbond substituents is 1. The second-order valence-electron chi connectivity index (χ2n) is 4.08. The SMILES string of the molecule is CCOc1cc(Cl)ccc1C(=O)Nc1cccc(O)c1. The summed E-state index contributed by atoms with van der Waals surface area (Å²) in [6.07, 6.45) is 0. The predicted octanol–water partition coefficient (Wildman–Crippen LogP) is 3.70. The van der Waals surface area contributed by atoms with Crippen LogP contribution < -0.4 is 10.1 Å². The van der Waals surface area contributed by atoms with E-state index in [-0.39, 0.29) is 11.7 Å². The largest absolute Gasteiger partial charge is 0.508 e. The number of amides is 1. The highest BCUT2D eigenvalue weighted by atomic mass is 35.5. The molecule has 0 aliphatic carbocycles. The van der Waals surface area contributed by atoms with Crippen molar-refractivity contribution < 1.29 is 14.6 Å². The van der Waals surface area contributed by atoms with Crippen molar-refractivity contribution in [2.45, 2.75) is 6.92 Å². The molecule has 2 aromatic carbocycles. The van der Waals surface area contributed by atoms with Crippen molar-refractivity contribution >= 4 is 23.2 Å². The molecule has 0 aliphatic rings. The quantitative estimate of drug-likeness (QED) is 0.903. The summed E-state index contributed by atoms with van der Waals surface area (Å²) in [6.45, 7) is 2.27. The van der Waals surface area contributed by atoms with E-state index in [1.54, 1.807) is 30.3 Å². The molecule has 0 bridgehead atoms. The van der Waals surface area contributed by atoms with Crippen molar-refractivity contribution in [3.05, 3.63) is 53.1 Å². The molecule has 0 saturated heterocycles. The number of phenols is 1. The van der Waals surface area contributed by atoms with Crippen LogP contribution in [0.2, 0.25) is 5.02 Å². The van der Waals surface area contributed by atoms with Gasteiger partial charge in [0.2, 0.25) is 0 Å². The first-order valence-electron chi connectivity index (χ1n) is 6.13. The first kappa shape index (κ1) is 14.2. The van der Waals surface area contributed by atoms with Gasteiger partial charge in [-0.15, -0.1) is 0 Å². The van der Waals surface area contributed by atoms with E-state index in [1.807, 2.05) is 6.92 Å². The summed E-state index contributed by atoms with van der Waals surface area (Å²) in [6, 6.07) is 11.2. The Morgan fingerprint density at radius 1 is 1.30 bits per heavy atom. The molecule has 104 valence electrons. The van der Waals surface area contributed by atoms with Crippen LogP contribution in [0.4, 0.5) is 5.69 Å². The number of rotatable bonds is 4. The van der Waals surface area contributed by atoms with Crippen molar-refractivity contribution in [1.29, 1.82) is 0 Å². The van der Waals surface area contributed by atoms with Crippen LogP contribution in [-0.4, -0.2) is 17.6 Å². The molecular formula is C15H14ClNO3. The number of carbonyl (C=O) groups excluding carboxylic acids is 1. The smallest absolute Gasteiger partial charge is 0.259 e. The van der Waals surface area contributed by atoms with Crippen LogP contribution in [0.25, 0.3) is 0 Å². The van der Waals surface area contributed by atoms with E-state index in [9.17, 15) is 9.90 Å². The molecule has 20 heavy (non-hydrogen) atoms. The van der Waals surface area contributed by atoms with Gasteiger partial charge in [0.25, 0.3) is 5.91 Å². The molecule has 0 aromatic heterocycles. The van der Waals surface area contributed by atoms with Gasteiger partial charge in [0.15, 0.2) is 0 Å². The Kier molecular flexibility index (Phi) is 4.48. The molecule has 0 fully saturated rings. The molecule has 2 N–H and O–H groups in total. The van der Waals surface area contributed by atoms with E-state index in [4.69, 9.17) is 16.3 Å². The fourth-order valence-electron chi connectivity index (χ4n) is 1.74. The fraction of sp³-hybridized carbons (Fsp3) is 0.133. The van der Waals surface area contributed by atoms with Crippen LogP contribution in [0.15, 0.2) is 42.5 Å². The van der Waals surface area contributed by atoms with Gasteiger partial charge < -0.3 is 15.2 Å². The molecule has 0 unspecified atom stereocenters. The van der Waals surface area contributed by atoms with Crippen LogP contribution >= 0.6 is 11.6 Å². The van der Waals surface area contributed by atoms with E-state index in [0.717, 1.165) is 0 Å². The summed E-state index contributed by atoms with van der Waals surface area (Å²) in [4.78, 5) is 12.2. The first-order chi connectivity index (χ1) is 9.60. The minimum absolute atomic E-state index is 0.0870. The molecule has 0 spiro atoms. The number of hydrogen-bond donors (Lipinski definition) is 2. The van der Waals surface area contributed by atoms with Gasteiger partial charge in [-0.05, 0) is 37.3 Å². The highest BCUT2D eigenvalue weighted by Crippen LogP contribution is 2.25. The van der Waals surface area contributed by atoms with Gasteiger partial charge in [-0.2, -0.15) is 0 Å². The standard InChI is InChI=1S/C15H14ClNO3/c1-2-20-14-8-10(16)6-7-13(14)15(19)17-11-4-3-5-12(18)9-11/h3-9,18H,2H2,1H3,(H,17,19). The minimum atomic E-state index is -0.323. The van der Waals surface area contributed by atoms with Crippen molar-refractivity contribution in [1.82, 2.24) is 0 Å². The fourth-order valence-corrected chi connectivity index (χ4v) is 1.90. The van der Waals surface area contributed by atoms with Crippen LogP contribution in [-0.2, 0) is 0 Å². The third-order valence-electron chi connectivity index (χ3n) is 2.59. The highest BCUT2D eigenvalue weighted by Gasteiger charge is 2.13. The van der Waals surface area contributed by atoms with E-state index in [0.29, 0.717) is 28.6 Å². The van der Waals surface area contributed by atoms with Crippen LogP contribution in [0.3, 0.4) is 0 Å². The van der Waals surface area contributed by atoms with Crippen molar-refractivity contribution in [2.75, 3.05) is 11.9 Å². The lowest BCUT2D eigenvalue weighted by Crippen LogP contribution is -2.13. The van der Waals surface area contributed by atoms with Gasteiger partial charge >= 0.3 is 0 Å². The first-order valence-corrected chi connectivity index (χ1v) is 6.50. The van der Waals surface area contributed by atoms with Crippen molar-refractivity contribution in [3.8, 4) is 11.5 Å². The number of benzene rings is 2. The number of anilines is 1. The lowest BCUT2D eigenvalue weighted by molar-refractivity contribution is 0.102. The third-order valence-corrected chi connectivity index (χ3v) is 2.83. The summed E-state index contributed by atoms with van der Waals surface area (Å²) in [5.74, 6) is 0.192. The van der Waals surface area contributed by atoms with Gasteiger partial charge in [0.05, 0.1) is 12.2 Å². The van der Waals surface area contributed by atoms with Crippen molar-refractivity contribution in [2.24, 2.45) is 0 Å². The highest BCUT2D eigenvalue weighted by molar-refractivity contribution is 6.31. The maximum Gasteiger partial charge on any atom is 0.259 e. The topological polar surface area (TPSA) is 58.6 Å². The maximum atomic E-state index is 12.2. The molecule has 0 saturated carbocycles. The number of ether oxygens (including phenoxy) is 1. The van der Waals surface area contributed by atoms with E-state index in [2.05, 4.69) is 5.32 Å². The molecule has 0 radical (unpaired) electrons. The summed E-state index contributed by atoms with van der Waals surface area (Å²) < 4.78 is 5.41. The Labute approximate surface area is 122 Å². The lowest BCUT2D eigenvalue weighted by Gasteiger charge is -2.11. The Morgan fingerprint density at radius 3 is 2.80 bits per heavy atom. The molecule has 4 nitrogen and oxygen atoms in total. The molecule has 2 rings (SSSR count). The lowest BCUT2D eigenvalue weighted by atomic mass is 10.2. The van der Waals surface area contributed by atoms with E-state index < -0.39 is 0 Å². The zero-order chi connectivity index (χ0) is 14.5. The van der Waals surface area contributed by atoms with Crippen LogP contribution in [0, 0.1) is 0 Å². The monoisotopic (exact) mass is 291 g/mol. The molecule has 2 aromatic rings. The zero-order valence-corrected chi connectivity index (χ0v) is 11.6. The normalized spacial score (nSPS) is 10.1. The zero-order valence-electron chi connectivity index (χ0n) is 10.9. The summed E-state index contributed by atoms with van der Waals surface area (Å²) >= 11 is 5.89. The van der Waals surface area contributed by atoms with E-state index in [1.165, 1.54) is 12.1 Å². The average Bonchev–Trinajstić information content (AvgIpc) is 2.39. The number of aromatic hydroxyl groups is 1. The summed E-state index contributed by atoms with van der Waals surface area (Å²) in [7, 11) is 0. The number of halogens is 1. The van der Waals surface area contributed by atoms with Gasteiger partial charge in [-0.3, -0.25) is 4.79 Å². The molecule has 0 aliphatic heterocycles. The molecule has 5 heteroatoms. The van der Waals surface area contributed by atoms with Gasteiger partial charge in [-0.25, -0.2) is 0 Å². The third kappa shape index (κ3) is 3.42. The Balaban J connectivity index is 2.24. The second kappa shape index (κ2) is 6.30. The van der Waals surface area contributed by atoms with Gasteiger partial charge in [-0.1, -0.05) is 17.7 Å². The Hall–Kier alpha value is -2.20. The average molecular weight is 292 g/mol. The Morgan fingerprint density at radius 2 is 2.10 bits per heavy atom. The number of carbonyl (C=O) groups is 1. The second-order valence-corrected chi connectivity index (χ2v) is 4.51. The molecular weight excluding hydrogens is 278 g/mol. The number of nitrogens with one attached hydrogen (secondary N) is 1. The summed E-state index contributed by atoms with van der Waals surface area (Å²) in [5.41, 5.74) is 0.895. The van der Waals surface area contributed by atoms with Gasteiger partial charge in [0.1, 0.15) is 11.5 Å². The predicted molar refractivity (Wildman–Crippen MR) is 78.7 cm³/mol. The van der Waals surface area contributed by atoms with E-state index >= 15 is 0 Å². The molecule has 0 atom stereocenters. The summed E-state index contributed by atoms with van der Waals surface area (Å²) in [5, 5.41) is 12.6. The molecule has 0 heterocycles. The van der Waals surface area contributed by atoms with Crippen LogP contribution in [0.5, 0.6) is 11.5 Å². The minimum Gasteiger partial charge on any atom is -0.508 e. The maximum absolute atomic E-state index is 12.2. The van der Waals surface area contributed by atoms with Gasteiger partial charge in [0, 0.05) is 16.8 Å². The van der Waals surface area contributed by atoms with Crippen LogP contribution in [0.1, 0.15) is 17.3 Å². The Bertz CT molecular complexity index is 628. The number of hydrogen-bond acceptors (Lipinski definition) is 3. The molecule has 1 amide bonds. The van der Waals surface area contributed by atoms with Crippen molar-refractivity contribution in [3.63, 3.8) is 0 Å².